The van der Waals surface area contributed by atoms with Crippen LogP contribution in [0.2, 0.25) is 0 Å². The molecule has 1 aliphatic carbocycles. The first-order valence-electron chi connectivity index (χ1n) is 5.46. The van der Waals surface area contributed by atoms with Crippen molar-refractivity contribution in [1.29, 1.82) is 0 Å². The molecule has 0 radical (unpaired) electrons. The number of benzene rings is 1. The first kappa shape index (κ1) is 11.9. The van der Waals surface area contributed by atoms with Crippen molar-refractivity contribution in [3.63, 3.8) is 0 Å². The highest BCUT2D eigenvalue weighted by Gasteiger charge is 2.29. The molecule has 1 aliphatic rings. The molecule has 1 fully saturated rings. The second-order valence-corrected chi connectivity index (χ2v) is 4.08. The summed E-state index contributed by atoms with van der Waals surface area (Å²) < 4.78 is 18.8. The summed E-state index contributed by atoms with van der Waals surface area (Å²) in [6.07, 6.45) is 0.819. The van der Waals surface area contributed by atoms with Crippen LogP contribution in [0, 0.1) is 5.82 Å². The van der Waals surface area contributed by atoms with E-state index in [1.165, 1.54) is 12.1 Å². The summed E-state index contributed by atoms with van der Waals surface area (Å²) in [5.74, 6) is -2.25. The van der Waals surface area contributed by atoms with Crippen molar-refractivity contribution in [2.24, 2.45) is 0 Å². The SMILES string of the molecule is O=C(O)c1cccc(F)c1OC1CCCC1O. The Morgan fingerprint density at radius 2 is 2.18 bits per heavy atom. The van der Waals surface area contributed by atoms with Crippen molar-refractivity contribution < 1.29 is 24.1 Å². The number of ether oxygens (including phenoxy) is 1. The van der Waals surface area contributed by atoms with E-state index in [0.717, 1.165) is 12.5 Å². The van der Waals surface area contributed by atoms with Gasteiger partial charge in [-0.05, 0) is 31.4 Å². The van der Waals surface area contributed by atoms with Gasteiger partial charge in [0, 0.05) is 0 Å². The third-order valence-electron chi connectivity index (χ3n) is 2.88. The number of rotatable bonds is 3. The predicted octanol–water partition coefficient (Wildman–Crippen LogP) is 1.82. The van der Waals surface area contributed by atoms with E-state index in [1.807, 2.05) is 0 Å². The lowest BCUT2D eigenvalue weighted by atomic mass is 10.2. The molecule has 0 aliphatic heterocycles. The molecule has 2 rings (SSSR count). The lowest BCUT2D eigenvalue weighted by Gasteiger charge is -2.18. The molecule has 0 saturated heterocycles. The minimum Gasteiger partial charge on any atom is -0.484 e. The van der Waals surface area contributed by atoms with Gasteiger partial charge in [-0.25, -0.2) is 9.18 Å². The Bertz CT molecular complexity index is 433. The normalized spacial score (nSPS) is 23.6. The molecule has 0 heterocycles. The van der Waals surface area contributed by atoms with Crippen molar-refractivity contribution in [1.82, 2.24) is 0 Å². The average Bonchev–Trinajstić information content (AvgIpc) is 2.67. The molecule has 92 valence electrons. The Hall–Kier alpha value is -1.62. The first-order valence-corrected chi connectivity index (χ1v) is 5.46. The highest BCUT2D eigenvalue weighted by molar-refractivity contribution is 5.90. The van der Waals surface area contributed by atoms with E-state index in [-0.39, 0.29) is 11.3 Å². The summed E-state index contributed by atoms with van der Waals surface area (Å²) in [6.45, 7) is 0. The predicted molar refractivity (Wildman–Crippen MR) is 57.6 cm³/mol. The number of hydrogen-bond donors (Lipinski definition) is 2. The van der Waals surface area contributed by atoms with Crippen molar-refractivity contribution in [2.45, 2.75) is 31.5 Å². The lowest BCUT2D eigenvalue weighted by Crippen LogP contribution is -2.26. The van der Waals surface area contributed by atoms with Crippen LogP contribution in [-0.4, -0.2) is 28.4 Å². The fraction of sp³-hybridized carbons (Fsp3) is 0.417. The Morgan fingerprint density at radius 3 is 2.76 bits per heavy atom. The van der Waals surface area contributed by atoms with Gasteiger partial charge in [-0.2, -0.15) is 0 Å². The number of carboxylic acids is 1. The van der Waals surface area contributed by atoms with Crippen LogP contribution in [0.5, 0.6) is 5.75 Å². The van der Waals surface area contributed by atoms with E-state index in [0.29, 0.717) is 12.8 Å². The fourth-order valence-corrected chi connectivity index (χ4v) is 1.99. The van der Waals surface area contributed by atoms with Gasteiger partial charge in [-0.3, -0.25) is 0 Å². The van der Waals surface area contributed by atoms with Gasteiger partial charge >= 0.3 is 5.97 Å². The zero-order valence-electron chi connectivity index (χ0n) is 9.10. The molecule has 1 aromatic rings. The molecule has 0 amide bonds. The van der Waals surface area contributed by atoms with Crippen LogP contribution in [-0.2, 0) is 0 Å². The molecule has 17 heavy (non-hydrogen) atoms. The van der Waals surface area contributed by atoms with Crippen molar-refractivity contribution in [2.75, 3.05) is 0 Å². The lowest BCUT2D eigenvalue weighted by molar-refractivity contribution is 0.0537. The highest BCUT2D eigenvalue weighted by atomic mass is 19.1. The summed E-state index contributed by atoms with van der Waals surface area (Å²) in [7, 11) is 0. The van der Waals surface area contributed by atoms with Crippen molar-refractivity contribution >= 4 is 5.97 Å². The summed E-state index contributed by atoms with van der Waals surface area (Å²) in [4.78, 5) is 10.9. The van der Waals surface area contributed by atoms with Gasteiger partial charge in [-0.15, -0.1) is 0 Å². The van der Waals surface area contributed by atoms with E-state index in [1.54, 1.807) is 0 Å². The average molecular weight is 240 g/mol. The van der Waals surface area contributed by atoms with Gasteiger partial charge in [0.2, 0.25) is 0 Å². The van der Waals surface area contributed by atoms with Gasteiger partial charge in [0.05, 0.1) is 6.10 Å². The quantitative estimate of drug-likeness (QED) is 0.845. The van der Waals surface area contributed by atoms with Crippen LogP contribution in [0.3, 0.4) is 0 Å². The largest absolute Gasteiger partial charge is 0.484 e. The molecule has 2 unspecified atom stereocenters. The van der Waals surface area contributed by atoms with Gasteiger partial charge in [0.25, 0.3) is 0 Å². The van der Waals surface area contributed by atoms with Gasteiger partial charge in [0.15, 0.2) is 11.6 Å². The number of carbonyl (C=O) groups is 1. The molecule has 1 aromatic carbocycles. The smallest absolute Gasteiger partial charge is 0.339 e. The molecule has 4 nitrogen and oxygen atoms in total. The highest BCUT2D eigenvalue weighted by Crippen LogP contribution is 2.29. The third kappa shape index (κ3) is 2.39. The molecule has 1 saturated carbocycles. The van der Waals surface area contributed by atoms with Crippen molar-refractivity contribution in [3.8, 4) is 5.75 Å². The van der Waals surface area contributed by atoms with E-state index >= 15 is 0 Å². The third-order valence-corrected chi connectivity index (χ3v) is 2.88. The number of carboxylic acid groups (broad SMARTS) is 1. The zero-order valence-corrected chi connectivity index (χ0v) is 9.10. The second kappa shape index (κ2) is 4.71. The Kier molecular flexibility index (Phi) is 3.28. The summed E-state index contributed by atoms with van der Waals surface area (Å²) in [5.41, 5.74) is -0.218. The summed E-state index contributed by atoms with van der Waals surface area (Å²) in [6, 6.07) is 3.74. The fourth-order valence-electron chi connectivity index (χ4n) is 1.99. The molecule has 0 bridgehead atoms. The number of halogens is 1. The molecule has 0 spiro atoms. The monoisotopic (exact) mass is 240 g/mol. The number of hydrogen-bond acceptors (Lipinski definition) is 3. The number of aliphatic hydroxyl groups is 1. The topological polar surface area (TPSA) is 66.8 Å². The number of aromatic carboxylic acids is 1. The van der Waals surface area contributed by atoms with Crippen LogP contribution in [0.25, 0.3) is 0 Å². The van der Waals surface area contributed by atoms with E-state index in [9.17, 15) is 14.3 Å². The maximum atomic E-state index is 13.5. The molecule has 2 atom stereocenters. The van der Waals surface area contributed by atoms with E-state index < -0.39 is 24.0 Å². The zero-order chi connectivity index (χ0) is 12.4. The van der Waals surface area contributed by atoms with E-state index in [4.69, 9.17) is 9.84 Å². The standard InChI is InChI=1S/C12H13FO4/c13-8-4-1-3-7(12(15)16)11(8)17-10-6-2-5-9(10)14/h1,3-4,9-10,14H,2,5-6H2,(H,15,16). The van der Waals surface area contributed by atoms with Crippen LogP contribution < -0.4 is 4.74 Å². The Morgan fingerprint density at radius 1 is 1.41 bits per heavy atom. The Labute approximate surface area is 97.6 Å². The summed E-state index contributed by atoms with van der Waals surface area (Å²) in [5, 5.41) is 18.5. The Balaban J connectivity index is 2.27. The molecular weight excluding hydrogens is 227 g/mol. The first-order chi connectivity index (χ1) is 8.09. The molecule has 2 N–H and O–H groups in total. The second-order valence-electron chi connectivity index (χ2n) is 4.08. The van der Waals surface area contributed by atoms with Crippen LogP contribution in [0.1, 0.15) is 29.6 Å². The minimum absolute atomic E-state index is 0.218. The number of aliphatic hydroxyl groups excluding tert-OH is 1. The van der Waals surface area contributed by atoms with E-state index in [2.05, 4.69) is 0 Å². The minimum atomic E-state index is -1.24. The van der Waals surface area contributed by atoms with Gasteiger partial charge in [0.1, 0.15) is 11.7 Å². The molecule has 0 aromatic heterocycles. The maximum Gasteiger partial charge on any atom is 0.339 e. The van der Waals surface area contributed by atoms with Crippen LogP contribution in [0.15, 0.2) is 18.2 Å². The number of para-hydroxylation sites is 1. The maximum absolute atomic E-state index is 13.5. The van der Waals surface area contributed by atoms with Crippen molar-refractivity contribution in [3.05, 3.63) is 29.6 Å². The van der Waals surface area contributed by atoms with Crippen LogP contribution in [0.4, 0.5) is 4.39 Å². The van der Waals surface area contributed by atoms with Crippen LogP contribution >= 0.6 is 0 Å². The van der Waals surface area contributed by atoms with Gasteiger partial charge in [-0.1, -0.05) is 6.07 Å². The summed E-state index contributed by atoms with van der Waals surface area (Å²) >= 11 is 0. The molecular formula is C12H13FO4. The van der Waals surface area contributed by atoms with Gasteiger partial charge < -0.3 is 14.9 Å². The molecule has 5 heteroatoms.